The van der Waals surface area contributed by atoms with Crippen LogP contribution >= 0.6 is 11.3 Å². The number of aliphatic carboxylic acids is 2. The standard InChI is InChI=1S/C19H18FN3O7S/c20-12-6-9(17(21)22)1-3-14(12)30-19(29)10-5-11(31-8-10)2-4-15(24)23-13(18(27)28)7-16(25)26/h1,3,5-6,8,13H,2,4,7H2,(H3,21,22)(H,23,24)(H,25,26)(H,27,28)/t13-/m0/s1. The van der Waals surface area contributed by atoms with Crippen molar-refractivity contribution in [2.45, 2.75) is 25.3 Å². The van der Waals surface area contributed by atoms with Gasteiger partial charge in [0.15, 0.2) is 11.6 Å². The summed E-state index contributed by atoms with van der Waals surface area (Å²) in [7, 11) is 0. The molecule has 0 aliphatic heterocycles. The van der Waals surface area contributed by atoms with Gasteiger partial charge in [0.05, 0.1) is 12.0 Å². The zero-order chi connectivity index (χ0) is 23.1. The van der Waals surface area contributed by atoms with E-state index in [-0.39, 0.29) is 35.6 Å². The number of benzene rings is 1. The number of nitrogen functional groups attached to an aromatic ring is 1. The number of rotatable bonds is 10. The van der Waals surface area contributed by atoms with E-state index in [1.165, 1.54) is 23.6 Å². The van der Waals surface area contributed by atoms with E-state index in [4.69, 9.17) is 26.1 Å². The van der Waals surface area contributed by atoms with Crippen molar-refractivity contribution in [3.8, 4) is 5.75 Å². The number of hydrogen-bond acceptors (Lipinski definition) is 7. The number of aryl methyl sites for hydroxylation is 1. The highest BCUT2D eigenvalue weighted by molar-refractivity contribution is 7.10. The first-order valence-corrected chi connectivity index (χ1v) is 9.62. The summed E-state index contributed by atoms with van der Waals surface area (Å²) in [4.78, 5) is 46.3. The Hall–Kier alpha value is -3.80. The van der Waals surface area contributed by atoms with Crippen LogP contribution in [0.2, 0.25) is 0 Å². The monoisotopic (exact) mass is 451 g/mol. The van der Waals surface area contributed by atoms with Crippen molar-refractivity contribution in [2.24, 2.45) is 5.73 Å². The molecule has 1 heterocycles. The molecule has 31 heavy (non-hydrogen) atoms. The third kappa shape index (κ3) is 6.89. The van der Waals surface area contributed by atoms with Crippen LogP contribution in [0.3, 0.4) is 0 Å². The predicted molar refractivity (Wildman–Crippen MR) is 107 cm³/mol. The minimum atomic E-state index is -1.54. The van der Waals surface area contributed by atoms with Gasteiger partial charge in [0.25, 0.3) is 0 Å². The van der Waals surface area contributed by atoms with Gasteiger partial charge in [-0.15, -0.1) is 11.3 Å². The number of nitrogens with one attached hydrogen (secondary N) is 2. The second-order valence-corrected chi connectivity index (χ2v) is 7.30. The maximum absolute atomic E-state index is 14.0. The molecule has 12 heteroatoms. The molecule has 10 nitrogen and oxygen atoms in total. The second kappa shape index (κ2) is 10.3. The molecule has 2 aromatic rings. The Morgan fingerprint density at radius 3 is 2.48 bits per heavy atom. The molecule has 2 rings (SSSR count). The molecule has 1 aromatic carbocycles. The van der Waals surface area contributed by atoms with E-state index < -0.39 is 42.1 Å². The highest BCUT2D eigenvalue weighted by Gasteiger charge is 2.23. The minimum Gasteiger partial charge on any atom is -0.481 e. The van der Waals surface area contributed by atoms with Gasteiger partial charge >= 0.3 is 17.9 Å². The Labute approximate surface area is 179 Å². The first-order chi connectivity index (χ1) is 14.6. The largest absolute Gasteiger partial charge is 0.481 e. The predicted octanol–water partition coefficient (Wildman–Crippen LogP) is 1.37. The lowest BCUT2D eigenvalue weighted by Gasteiger charge is -2.11. The quantitative estimate of drug-likeness (QED) is 0.155. The van der Waals surface area contributed by atoms with E-state index in [0.29, 0.717) is 4.88 Å². The average molecular weight is 451 g/mol. The Balaban J connectivity index is 1.93. The maximum atomic E-state index is 14.0. The summed E-state index contributed by atoms with van der Waals surface area (Å²) in [6.07, 6.45) is -0.704. The summed E-state index contributed by atoms with van der Waals surface area (Å²) >= 11 is 1.15. The number of hydrogen-bond donors (Lipinski definition) is 5. The number of carboxylic acids is 2. The van der Waals surface area contributed by atoms with Gasteiger partial charge in [-0.3, -0.25) is 15.0 Å². The fourth-order valence-electron chi connectivity index (χ4n) is 2.41. The van der Waals surface area contributed by atoms with Crippen molar-refractivity contribution in [3.05, 3.63) is 51.5 Å². The van der Waals surface area contributed by atoms with E-state index in [1.54, 1.807) is 0 Å². The molecular weight excluding hydrogens is 433 g/mol. The van der Waals surface area contributed by atoms with E-state index in [1.807, 2.05) is 0 Å². The lowest BCUT2D eigenvalue weighted by molar-refractivity contribution is -0.147. The molecule has 1 aromatic heterocycles. The smallest absolute Gasteiger partial charge is 0.344 e. The fraction of sp³-hybridized carbons (Fsp3) is 0.211. The minimum absolute atomic E-state index is 0.125. The van der Waals surface area contributed by atoms with Gasteiger partial charge in [0.1, 0.15) is 11.9 Å². The molecule has 0 radical (unpaired) electrons. The number of halogens is 1. The summed E-state index contributed by atoms with van der Waals surface area (Å²) in [5, 5.41) is 28.5. The molecule has 1 atom stereocenters. The van der Waals surface area contributed by atoms with Crippen molar-refractivity contribution in [1.82, 2.24) is 5.32 Å². The van der Waals surface area contributed by atoms with Crippen LogP contribution in [0.4, 0.5) is 4.39 Å². The van der Waals surface area contributed by atoms with E-state index in [2.05, 4.69) is 5.32 Å². The summed E-state index contributed by atoms with van der Waals surface area (Å²) in [5.41, 5.74) is 5.54. The van der Waals surface area contributed by atoms with Gasteiger partial charge in [0, 0.05) is 22.2 Å². The van der Waals surface area contributed by atoms with Crippen LogP contribution in [0.15, 0.2) is 29.6 Å². The number of carboxylic acid groups (broad SMARTS) is 2. The normalized spacial score (nSPS) is 11.4. The third-order valence-electron chi connectivity index (χ3n) is 3.95. The highest BCUT2D eigenvalue weighted by atomic mass is 32.1. The van der Waals surface area contributed by atoms with Crippen molar-refractivity contribution in [3.63, 3.8) is 0 Å². The number of ether oxygens (including phenoxy) is 1. The molecule has 0 aliphatic rings. The molecule has 0 fully saturated rings. The van der Waals surface area contributed by atoms with E-state index in [0.717, 1.165) is 17.4 Å². The van der Waals surface area contributed by atoms with E-state index in [9.17, 15) is 23.6 Å². The summed E-state index contributed by atoms with van der Waals surface area (Å²) in [5.74, 6) is -5.82. The molecular formula is C19H18FN3O7S. The van der Waals surface area contributed by atoms with Crippen LogP contribution in [0.25, 0.3) is 0 Å². The molecule has 0 saturated carbocycles. The molecule has 1 amide bonds. The molecule has 0 unspecified atom stereocenters. The SMILES string of the molecule is N=C(N)c1ccc(OC(=O)c2csc(CCC(=O)N[C@@H](CC(=O)O)C(=O)O)c2)c(F)c1. The van der Waals surface area contributed by atoms with Gasteiger partial charge in [-0.25, -0.2) is 14.0 Å². The lowest BCUT2D eigenvalue weighted by atomic mass is 10.2. The van der Waals surface area contributed by atoms with Crippen LogP contribution < -0.4 is 15.8 Å². The summed E-state index contributed by atoms with van der Waals surface area (Å²) in [6, 6.07) is 3.40. The number of esters is 1. The number of thiophene rings is 1. The van der Waals surface area contributed by atoms with Crippen molar-refractivity contribution in [1.29, 1.82) is 5.41 Å². The number of nitrogens with two attached hydrogens (primary N) is 1. The van der Waals surface area contributed by atoms with E-state index >= 15 is 0 Å². The van der Waals surface area contributed by atoms with Crippen LogP contribution in [0.1, 0.15) is 33.6 Å². The first kappa shape index (κ1) is 23.5. The number of carbonyl (C=O) groups is 4. The van der Waals surface area contributed by atoms with Gasteiger partial charge in [0.2, 0.25) is 5.91 Å². The summed E-state index contributed by atoms with van der Waals surface area (Å²) in [6.45, 7) is 0. The number of carbonyl (C=O) groups excluding carboxylic acids is 2. The van der Waals surface area contributed by atoms with Crippen LogP contribution in [0, 0.1) is 11.2 Å². The van der Waals surface area contributed by atoms with Gasteiger partial charge in [-0.1, -0.05) is 0 Å². The van der Waals surface area contributed by atoms with Crippen molar-refractivity contribution in [2.75, 3.05) is 0 Å². The zero-order valence-corrected chi connectivity index (χ0v) is 16.7. The Morgan fingerprint density at radius 1 is 1.19 bits per heavy atom. The maximum Gasteiger partial charge on any atom is 0.344 e. The Kier molecular flexibility index (Phi) is 7.80. The lowest BCUT2D eigenvalue weighted by Crippen LogP contribution is -2.42. The van der Waals surface area contributed by atoms with Crippen molar-refractivity contribution >= 4 is 41.0 Å². The molecule has 164 valence electrons. The fourth-order valence-corrected chi connectivity index (χ4v) is 3.26. The van der Waals surface area contributed by atoms with Gasteiger partial charge in [-0.05, 0) is 30.7 Å². The zero-order valence-electron chi connectivity index (χ0n) is 15.9. The summed E-state index contributed by atoms with van der Waals surface area (Å²) < 4.78 is 19.0. The van der Waals surface area contributed by atoms with Crippen LogP contribution in [-0.2, 0) is 20.8 Å². The molecule has 0 bridgehead atoms. The third-order valence-corrected chi connectivity index (χ3v) is 4.94. The number of amidine groups is 1. The van der Waals surface area contributed by atoms with Gasteiger partial charge < -0.3 is 26.0 Å². The van der Waals surface area contributed by atoms with Crippen LogP contribution in [-0.4, -0.2) is 45.9 Å². The van der Waals surface area contributed by atoms with Gasteiger partial charge in [-0.2, -0.15) is 0 Å². The molecule has 6 N–H and O–H groups in total. The molecule has 0 spiro atoms. The first-order valence-electron chi connectivity index (χ1n) is 8.74. The molecule has 0 saturated heterocycles. The van der Waals surface area contributed by atoms with Crippen LogP contribution in [0.5, 0.6) is 5.75 Å². The highest BCUT2D eigenvalue weighted by Crippen LogP contribution is 2.22. The Morgan fingerprint density at radius 2 is 1.90 bits per heavy atom. The molecule has 0 aliphatic carbocycles. The topological polar surface area (TPSA) is 180 Å². The Bertz CT molecular complexity index is 1040. The number of amides is 1. The van der Waals surface area contributed by atoms with Crippen molar-refractivity contribution < 1.29 is 38.5 Å². The average Bonchev–Trinajstić information content (AvgIpc) is 3.16. The second-order valence-electron chi connectivity index (χ2n) is 6.31.